The molecule has 0 fully saturated rings. The maximum absolute atomic E-state index is 12.8. The zero-order valence-corrected chi connectivity index (χ0v) is 53.0. The number of ether oxygens (including phenoxy) is 2. The summed E-state index contributed by atoms with van der Waals surface area (Å²) in [5, 5.41) is 0. The topological polar surface area (TPSA) is 108 Å². The van der Waals surface area contributed by atoms with Gasteiger partial charge >= 0.3 is 19.8 Å². The Morgan fingerprint density at radius 2 is 0.683 bits per heavy atom. The van der Waals surface area contributed by atoms with Gasteiger partial charge in [-0.15, -0.1) is 0 Å². The van der Waals surface area contributed by atoms with Crippen LogP contribution in [0.25, 0.3) is 0 Å². The first-order chi connectivity index (χ1) is 40.0. The molecule has 0 amide bonds. The van der Waals surface area contributed by atoms with E-state index >= 15 is 0 Å². The van der Waals surface area contributed by atoms with Gasteiger partial charge in [0.2, 0.25) is 0 Å². The summed E-state index contributed by atoms with van der Waals surface area (Å²) in [6.07, 6.45) is 94.2. The lowest BCUT2D eigenvalue weighted by molar-refractivity contribution is -0.870. The average molecular weight is 1150 g/mol. The van der Waals surface area contributed by atoms with Crippen molar-refractivity contribution in [3.8, 4) is 0 Å². The number of nitrogens with zero attached hydrogens (tertiary/aromatic N) is 1. The highest BCUT2D eigenvalue weighted by molar-refractivity contribution is 7.47. The van der Waals surface area contributed by atoms with Crippen LogP contribution in [0.1, 0.15) is 206 Å². The first-order valence-corrected chi connectivity index (χ1v) is 33.0. The minimum absolute atomic E-state index is 0.0100. The number of unbranched alkanes of at least 4 members (excludes halogenated alkanes) is 11. The van der Waals surface area contributed by atoms with Gasteiger partial charge in [0.15, 0.2) is 6.10 Å². The number of rotatable bonds is 55. The van der Waals surface area contributed by atoms with Crippen LogP contribution < -0.4 is 0 Å². The predicted molar refractivity (Wildman–Crippen MR) is 352 cm³/mol. The fourth-order valence-corrected chi connectivity index (χ4v) is 8.42. The molecule has 82 heavy (non-hydrogen) atoms. The summed E-state index contributed by atoms with van der Waals surface area (Å²) in [7, 11) is 1.41. The van der Waals surface area contributed by atoms with Crippen molar-refractivity contribution in [1.82, 2.24) is 0 Å². The Labute approximate surface area is 501 Å². The molecule has 1 N–H and O–H groups in total. The average Bonchev–Trinajstić information content (AvgIpc) is 3.46. The molecule has 0 spiro atoms. The van der Waals surface area contributed by atoms with Gasteiger partial charge in [0.05, 0.1) is 27.7 Å². The van der Waals surface area contributed by atoms with Gasteiger partial charge in [0.1, 0.15) is 19.8 Å². The standard InChI is InChI=1S/C72H114NO8P/c1-6-8-10-12-14-16-18-20-22-24-26-27-28-29-30-31-32-33-34-35-36-37-38-39-40-41-42-43-44-45-47-49-51-53-55-57-59-61-63-65-72(75)81-70(69-80-82(76,77)79-67-66-73(3,4)5)68-78-71(74)64-62-60-58-56-54-52-50-48-46-25-23-21-19-17-15-13-11-9-7-2/h8-11,14-17,20-23,26-27,29-30,32-33,35-36,38-39,41-42,46,48,52,54,58,60,70H,6-7,12-13,18-19,24-25,28,31,34,37,40,43-45,47,49-51,53,55-57,59,61-69H2,1-5H3/p+1/b10-8-,11-9-,16-14-,17-15-,22-20-,23-21-,27-26-,30-29-,33-32-,36-35-,39-38-,42-41-,48-46-,54-52-,60-58-. The van der Waals surface area contributed by atoms with Crippen LogP contribution in [0.5, 0.6) is 0 Å². The minimum Gasteiger partial charge on any atom is -0.462 e. The third kappa shape index (κ3) is 64.3. The molecule has 0 aromatic rings. The van der Waals surface area contributed by atoms with Crippen molar-refractivity contribution >= 4 is 19.8 Å². The predicted octanol–water partition coefficient (Wildman–Crippen LogP) is 20.4. The van der Waals surface area contributed by atoms with E-state index < -0.39 is 32.5 Å². The van der Waals surface area contributed by atoms with E-state index in [1.165, 1.54) is 44.9 Å². The van der Waals surface area contributed by atoms with Gasteiger partial charge < -0.3 is 18.9 Å². The van der Waals surface area contributed by atoms with Crippen LogP contribution in [0.2, 0.25) is 0 Å². The molecule has 0 saturated heterocycles. The summed E-state index contributed by atoms with van der Waals surface area (Å²) < 4.78 is 34.5. The van der Waals surface area contributed by atoms with Crippen molar-refractivity contribution in [2.75, 3.05) is 47.5 Å². The van der Waals surface area contributed by atoms with Gasteiger partial charge in [0, 0.05) is 12.8 Å². The van der Waals surface area contributed by atoms with E-state index in [0.29, 0.717) is 23.9 Å². The van der Waals surface area contributed by atoms with E-state index in [1.807, 2.05) is 33.3 Å². The summed E-state index contributed by atoms with van der Waals surface area (Å²) in [5.74, 6) is -0.913. The third-order valence-electron chi connectivity index (χ3n) is 12.4. The van der Waals surface area contributed by atoms with Gasteiger partial charge in [-0.25, -0.2) is 4.57 Å². The van der Waals surface area contributed by atoms with Gasteiger partial charge in [-0.3, -0.25) is 18.6 Å². The Bertz CT molecular complexity index is 2030. The molecule has 460 valence electrons. The van der Waals surface area contributed by atoms with Crippen molar-refractivity contribution in [2.45, 2.75) is 213 Å². The van der Waals surface area contributed by atoms with Gasteiger partial charge in [0.25, 0.3) is 0 Å². The molecule has 0 aromatic carbocycles. The largest absolute Gasteiger partial charge is 0.472 e. The quantitative estimate of drug-likeness (QED) is 0.0211. The fraction of sp³-hybridized carbons (Fsp3) is 0.556. The van der Waals surface area contributed by atoms with E-state index in [-0.39, 0.29) is 26.1 Å². The Hall–Kier alpha value is -4.89. The Kier molecular flexibility index (Phi) is 57.1. The third-order valence-corrected chi connectivity index (χ3v) is 13.4. The van der Waals surface area contributed by atoms with Crippen molar-refractivity contribution in [3.63, 3.8) is 0 Å². The smallest absolute Gasteiger partial charge is 0.462 e. The zero-order chi connectivity index (χ0) is 59.8. The van der Waals surface area contributed by atoms with Crippen molar-refractivity contribution < 1.29 is 42.1 Å². The van der Waals surface area contributed by atoms with Crippen LogP contribution in [0.15, 0.2) is 182 Å². The number of allylic oxidation sites excluding steroid dienone is 30. The van der Waals surface area contributed by atoms with Crippen LogP contribution in [0.4, 0.5) is 0 Å². The monoisotopic (exact) mass is 1150 g/mol. The maximum atomic E-state index is 12.8. The molecular weight excluding hydrogens is 1040 g/mol. The van der Waals surface area contributed by atoms with E-state index in [0.717, 1.165) is 122 Å². The van der Waals surface area contributed by atoms with Crippen molar-refractivity contribution in [2.24, 2.45) is 0 Å². The van der Waals surface area contributed by atoms with Crippen molar-refractivity contribution in [3.05, 3.63) is 182 Å². The summed E-state index contributed by atoms with van der Waals surface area (Å²) >= 11 is 0. The summed E-state index contributed by atoms with van der Waals surface area (Å²) in [6, 6.07) is 0. The highest BCUT2D eigenvalue weighted by atomic mass is 31.2. The molecule has 0 aliphatic heterocycles. The molecule has 0 aromatic heterocycles. The van der Waals surface area contributed by atoms with Crippen LogP contribution in [0.3, 0.4) is 0 Å². The molecule has 0 radical (unpaired) electrons. The maximum Gasteiger partial charge on any atom is 0.472 e. The van der Waals surface area contributed by atoms with Gasteiger partial charge in [-0.1, -0.05) is 254 Å². The molecule has 0 aliphatic rings. The molecule has 2 atom stereocenters. The van der Waals surface area contributed by atoms with Crippen LogP contribution in [0, 0.1) is 0 Å². The second-order valence-electron chi connectivity index (χ2n) is 21.3. The molecule has 10 heteroatoms. The Morgan fingerprint density at radius 1 is 0.378 bits per heavy atom. The number of carbonyl (C=O) groups excluding carboxylic acids is 2. The number of phosphoric acid groups is 1. The van der Waals surface area contributed by atoms with Gasteiger partial charge in [-0.05, 0) is 122 Å². The number of carbonyl (C=O) groups is 2. The number of likely N-dealkylation sites (N-methyl/N-ethyl adjacent to an activating group) is 1. The Balaban J connectivity index is 4.19. The summed E-state index contributed by atoms with van der Waals surface area (Å²) in [4.78, 5) is 35.7. The van der Waals surface area contributed by atoms with Crippen molar-refractivity contribution in [1.29, 1.82) is 0 Å². The molecular formula is C72H115NO8P+. The fourth-order valence-electron chi connectivity index (χ4n) is 7.68. The summed E-state index contributed by atoms with van der Waals surface area (Å²) in [6.45, 7) is 4.08. The number of phosphoric ester groups is 1. The molecule has 2 unspecified atom stereocenters. The Morgan fingerprint density at radius 3 is 1.02 bits per heavy atom. The zero-order valence-electron chi connectivity index (χ0n) is 52.1. The lowest BCUT2D eigenvalue weighted by atomic mass is 10.0. The lowest BCUT2D eigenvalue weighted by Gasteiger charge is -2.24. The normalized spacial score (nSPS) is 14.5. The number of esters is 2. The summed E-state index contributed by atoms with van der Waals surface area (Å²) in [5.41, 5.74) is 0. The van der Waals surface area contributed by atoms with Crippen LogP contribution in [-0.4, -0.2) is 74.9 Å². The molecule has 9 nitrogen and oxygen atoms in total. The highest BCUT2D eigenvalue weighted by Gasteiger charge is 2.27. The SMILES string of the molecule is CC/C=C\C/C=C\C/C=C\C/C=C\C/C=C\C/C=C\C/C=C\C/C=C\C/C=C\CCCCCCCCCCCCCC(=O)OC(COC(=O)CC/C=C\C/C=C\C/C=C\C/C=C\C/C=C\C/C=C\CC)COP(=O)(O)OCC[N+](C)(C)C. The second kappa shape index (κ2) is 60.7. The first-order valence-electron chi connectivity index (χ1n) is 31.5. The minimum atomic E-state index is -4.42. The van der Waals surface area contributed by atoms with E-state index in [4.69, 9.17) is 18.5 Å². The van der Waals surface area contributed by atoms with E-state index in [9.17, 15) is 19.0 Å². The van der Waals surface area contributed by atoms with Crippen LogP contribution >= 0.6 is 7.82 Å². The first kappa shape index (κ1) is 77.1. The molecule has 0 rings (SSSR count). The van der Waals surface area contributed by atoms with Crippen LogP contribution in [-0.2, 0) is 32.7 Å². The number of hydrogen-bond donors (Lipinski definition) is 1. The molecule has 0 saturated carbocycles. The molecule has 0 heterocycles. The lowest BCUT2D eigenvalue weighted by Crippen LogP contribution is -2.37. The van der Waals surface area contributed by atoms with E-state index in [2.05, 4.69) is 184 Å². The number of quaternary nitrogens is 1. The number of hydrogen-bond acceptors (Lipinski definition) is 7. The highest BCUT2D eigenvalue weighted by Crippen LogP contribution is 2.43. The second-order valence-corrected chi connectivity index (χ2v) is 22.8. The molecule has 0 aliphatic carbocycles. The van der Waals surface area contributed by atoms with Gasteiger partial charge in [-0.2, -0.15) is 0 Å². The van der Waals surface area contributed by atoms with E-state index in [1.54, 1.807) is 0 Å². The molecule has 0 bridgehead atoms.